The Hall–Kier alpha value is -2.35. The highest BCUT2D eigenvalue weighted by Crippen LogP contribution is 2.10. The van der Waals surface area contributed by atoms with Crippen molar-refractivity contribution < 1.29 is 14.3 Å². The molecule has 5 nitrogen and oxygen atoms in total. The quantitative estimate of drug-likeness (QED) is 0.642. The summed E-state index contributed by atoms with van der Waals surface area (Å²) in [4.78, 5) is 23.0. The molecule has 1 N–H and O–H groups in total. The van der Waals surface area contributed by atoms with E-state index in [-0.39, 0.29) is 19.6 Å². The lowest BCUT2D eigenvalue weighted by Crippen LogP contribution is -2.29. The minimum absolute atomic E-state index is 0.233. The predicted molar refractivity (Wildman–Crippen MR) is 69.4 cm³/mol. The van der Waals surface area contributed by atoms with Crippen LogP contribution >= 0.6 is 0 Å². The average molecular weight is 260 g/mol. The predicted octanol–water partition coefficient (Wildman–Crippen LogP) is 1.49. The summed E-state index contributed by atoms with van der Waals surface area (Å²) in [5.74, 6) is -0.939. The van der Waals surface area contributed by atoms with Gasteiger partial charge in [0.2, 0.25) is 0 Å². The second-order valence-corrected chi connectivity index (χ2v) is 4.13. The number of benzene rings is 1. The standard InChI is InChI=1S/C14H16N2O3/c1-10-4-5-12(8-11(10)2)14(18)19-9-13(17)16-7-3-6-15/h4-5,8H,3,7,9H2,1-2H3,(H,16,17). The Kier molecular flexibility index (Phi) is 5.55. The first kappa shape index (κ1) is 14.7. The van der Waals surface area contributed by atoms with Crippen molar-refractivity contribution in [3.8, 4) is 6.07 Å². The number of rotatable bonds is 5. The van der Waals surface area contributed by atoms with E-state index in [1.807, 2.05) is 26.0 Å². The van der Waals surface area contributed by atoms with E-state index in [9.17, 15) is 9.59 Å². The molecule has 1 aromatic rings. The molecule has 0 fully saturated rings. The summed E-state index contributed by atoms with van der Waals surface area (Å²) < 4.78 is 4.88. The highest BCUT2D eigenvalue weighted by atomic mass is 16.5. The van der Waals surface area contributed by atoms with Gasteiger partial charge in [-0.15, -0.1) is 0 Å². The maximum Gasteiger partial charge on any atom is 0.338 e. The highest BCUT2D eigenvalue weighted by molar-refractivity contribution is 5.91. The van der Waals surface area contributed by atoms with Gasteiger partial charge in [-0.1, -0.05) is 6.07 Å². The molecule has 0 aliphatic heterocycles. The third-order valence-electron chi connectivity index (χ3n) is 2.64. The van der Waals surface area contributed by atoms with Crippen LogP contribution in [0.3, 0.4) is 0 Å². The van der Waals surface area contributed by atoms with E-state index < -0.39 is 11.9 Å². The van der Waals surface area contributed by atoms with Gasteiger partial charge in [-0.3, -0.25) is 4.79 Å². The number of nitrogens with one attached hydrogen (secondary N) is 1. The summed E-state index contributed by atoms with van der Waals surface area (Å²) in [5.41, 5.74) is 2.51. The Morgan fingerprint density at radius 3 is 2.68 bits per heavy atom. The topological polar surface area (TPSA) is 79.2 Å². The molecule has 1 amide bonds. The Morgan fingerprint density at radius 1 is 1.32 bits per heavy atom. The van der Waals surface area contributed by atoms with Crippen LogP contribution in [0.15, 0.2) is 18.2 Å². The van der Waals surface area contributed by atoms with Gasteiger partial charge in [0.05, 0.1) is 18.1 Å². The molecule has 1 aromatic carbocycles. The molecule has 0 aliphatic carbocycles. The number of aryl methyl sites for hydroxylation is 2. The largest absolute Gasteiger partial charge is 0.452 e. The molecule has 0 bridgehead atoms. The van der Waals surface area contributed by atoms with E-state index in [4.69, 9.17) is 10.00 Å². The number of hydrogen-bond acceptors (Lipinski definition) is 4. The van der Waals surface area contributed by atoms with Crippen LogP contribution in [-0.2, 0) is 9.53 Å². The van der Waals surface area contributed by atoms with E-state index >= 15 is 0 Å². The molecule has 0 atom stereocenters. The van der Waals surface area contributed by atoms with Crippen molar-refractivity contribution in [3.63, 3.8) is 0 Å². The summed E-state index contributed by atoms with van der Waals surface area (Å²) in [6, 6.07) is 7.13. The Bertz CT molecular complexity index is 518. The summed E-state index contributed by atoms with van der Waals surface area (Å²) >= 11 is 0. The third kappa shape index (κ3) is 4.80. The maximum atomic E-state index is 11.7. The average Bonchev–Trinajstić information content (AvgIpc) is 2.39. The fourth-order valence-corrected chi connectivity index (χ4v) is 1.39. The molecule has 0 saturated heterocycles. The number of carbonyl (C=O) groups excluding carboxylic acids is 2. The van der Waals surface area contributed by atoms with Crippen molar-refractivity contribution in [2.24, 2.45) is 0 Å². The smallest absolute Gasteiger partial charge is 0.338 e. The lowest BCUT2D eigenvalue weighted by Gasteiger charge is -2.06. The fourth-order valence-electron chi connectivity index (χ4n) is 1.39. The van der Waals surface area contributed by atoms with E-state index in [1.165, 1.54) is 0 Å². The first-order valence-corrected chi connectivity index (χ1v) is 5.92. The van der Waals surface area contributed by atoms with Crippen molar-refractivity contribution >= 4 is 11.9 Å². The summed E-state index contributed by atoms with van der Waals surface area (Å²) in [6.07, 6.45) is 0.233. The van der Waals surface area contributed by atoms with E-state index in [1.54, 1.807) is 12.1 Å². The SMILES string of the molecule is Cc1ccc(C(=O)OCC(=O)NCCC#N)cc1C. The van der Waals surface area contributed by atoms with E-state index in [0.29, 0.717) is 5.56 Å². The molecule has 0 saturated carbocycles. The van der Waals surface area contributed by atoms with Crippen molar-refractivity contribution in [1.29, 1.82) is 5.26 Å². The molecule has 0 unspecified atom stereocenters. The van der Waals surface area contributed by atoms with Gasteiger partial charge in [0.15, 0.2) is 6.61 Å². The van der Waals surface area contributed by atoms with Crippen LogP contribution in [0.2, 0.25) is 0 Å². The van der Waals surface area contributed by atoms with Crippen molar-refractivity contribution in [2.45, 2.75) is 20.3 Å². The zero-order chi connectivity index (χ0) is 14.3. The summed E-state index contributed by atoms with van der Waals surface area (Å²) in [7, 11) is 0. The Balaban J connectivity index is 2.45. The number of hydrogen-bond donors (Lipinski definition) is 1. The van der Waals surface area contributed by atoms with Crippen molar-refractivity contribution in [3.05, 3.63) is 34.9 Å². The van der Waals surface area contributed by atoms with E-state index in [2.05, 4.69) is 5.32 Å². The molecule has 0 radical (unpaired) electrons. The fraction of sp³-hybridized carbons (Fsp3) is 0.357. The molecule has 19 heavy (non-hydrogen) atoms. The number of esters is 1. The maximum absolute atomic E-state index is 11.7. The monoisotopic (exact) mass is 260 g/mol. The zero-order valence-electron chi connectivity index (χ0n) is 11.0. The van der Waals surface area contributed by atoms with Gasteiger partial charge in [-0.25, -0.2) is 4.79 Å². The van der Waals surface area contributed by atoms with Gasteiger partial charge < -0.3 is 10.1 Å². The van der Waals surface area contributed by atoms with Crippen LogP contribution in [0.1, 0.15) is 27.9 Å². The minimum atomic E-state index is -0.529. The first-order valence-electron chi connectivity index (χ1n) is 5.92. The van der Waals surface area contributed by atoms with Crippen LogP contribution in [0.25, 0.3) is 0 Å². The van der Waals surface area contributed by atoms with Crippen LogP contribution < -0.4 is 5.32 Å². The van der Waals surface area contributed by atoms with Crippen LogP contribution in [-0.4, -0.2) is 25.0 Å². The summed E-state index contributed by atoms with van der Waals surface area (Å²) in [6.45, 7) is 3.78. The summed E-state index contributed by atoms with van der Waals surface area (Å²) in [5, 5.41) is 10.8. The van der Waals surface area contributed by atoms with Gasteiger partial charge in [-0.2, -0.15) is 5.26 Å². The Morgan fingerprint density at radius 2 is 2.05 bits per heavy atom. The number of nitrogens with zero attached hydrogens (tertiary/aromatic N) is 1. The first-order chi connectivity index (χ1) is 9.04. The molecule has 0 aromatic heterocycles. The molecule has 1 rings (SSSR count). The number of nitriles is 1. The second kappa shape index (κ2) is 7.17. The minimum Gasteiger partial charge on any atom is -0.452 e. The van der Waals surface area contributed by atoms with Crippen molar-refractivity contribution in [1.82, 2.24) is 5.32 Å². The Labute approximate surface area is 112 Å². The highest BCUT2D eigenvalue weighted by Gasteiger charge is 2.10. The molecule has 0 aliphatic rings. The number of ether oxygens (including phenoxy) is 1. The molecule has 100 valence electrons. The second-order valence-electron chi connectivity index (χ2n) is 4.13. The molecule has 0 heterocycles. The number of carbonyl (C=O) groups is 2. The number of amides is 1. The van der Waals surface area contributed by atoms with Gasteiger partial charge in [0.1, 0.15) is 0 Å². The molecule has 0 spiro atoms. The molecular weight excluding hydrogens is 244 g/mol. The van der Waals surface area contributed by atoms with Gasteiger partial charge in [0.25, 0.3) is 5.91 Å². The van der Waals surface area contributed by atoms with Crippen LogP contribution in [0.5, 0.6) is 0 Å². The van der Waals surface area contributed by atoms with Gasteiger partial charge >= 0.3 is 5.97 Å². The third-order valence-corrected chi connectivity index (χ3v) is 2.64. The lowest BCUT2D eigenvalue weighted by molar-refractivity contribution is -0.124. The normalized spacial score (nSPS) is 9.53. The van der Waals surface area contributed by atoms with Gasteiger partial charge in [-0.05, 0) is 37.1 Å². The zero-order valence-corrected chi connectivity index (χ0v) is 11.0. The van der Waals surface area contributed by atoms with Crippen LogP contribution in [0, 0.1) is 25.2 Å². The lowest BCUT2D eigenvalue weighted by atomic mass is 10.1. The van der Waals surface area contributed by atoms with E-state index in [0.717, 1.165) is 11.1 Å². The van der Waals surface area contributed by atoms with Crippen molar-refractivity contribution in [2.75, 3.05) is 13.2 Å². The van der Waals surface area contributed by atoms with Gasteiger partial charge in [0, 0.05) is 6.54 Å². The molecule has 5 heteroatoms. The molecular formula is C14H16N2O3. The van der Waals surface area contributed by atoms with Crippen LogP contribution in [0.4, 0.5) is 0 Å².